The normalized spacial score (nSPS) is 14.6. The van der Waals surface area contributed by atoms with E-state index in [4.69, 9.17) is 16.3 Å². The molecule has 8 nitrogen and oxygen atoms in total. The minimum absolute atomic E-state index is 0.141. The zero-order valence-corrected chi connectivity index (χ0v) is 15.2. The fraction of sp³-hybridized carbons (Fsp3) is 0.333. The number of ether oxygens (including phenoxy) is 1. The highest BCUT2D eigenvalue weighted by Gasteiger charge is 2.19. The van der Waals surface area contributed by atoms with E-state index in [1.54, 1.807) is 24.3 Å². The molecule has 1 saturated carbocycles. The zero-order chi connectivity index (χ0) is 18.8. The summed E-state index contributed by atoms with van der Waals surface area (Å²) in [5, 5.41) is 7.77. The van der Waals surface area contributed by atoms with E-state index >= 15 is 0 Å². The Morgan fingerprint density at radius 3 is 2.74 bits per heavy atom. The number of aromatic nitrogens is 4. The van der Waals surface area contributed by atoms with E-state index in [-0.39, 0.29) is 30.0 Å². The molecule has 0 spiro atoms. The van der Waals surface area contributed by atoms with Crippen molar-refractivity contribution in [3.63, 3.8) is 0 Å². The average Bonchev–Trinajstić information content (AvgIpc) is 3.27. The fourth-order valence-corrected chi connectivity index (χ4v) is 3.32. The molecule has 0 bridgehead atoms. The number of halogens is 1. The molecule has 1 aliphatic rings. The number of rotatable bonds is 5. The highest BCUT2D eigenvalue weighted by Crippen LogP contribution is 2.23. The number of nitrogens with zero attached hydrogens (tertiary/aromatic N) is 4. The molecule has 0 atom stereocenters. The first-order chi connectivity index (χ1) is 13.1. The van der Waals surface area contributed by atoms with Crippen molar-refractivity contribution < 1.29 is 9.53 Å². The predicted molar refractivity (Wildman–Crippen MR) is 99.2 cm³/mol. The Morgan fingerprint density at radius 1 is 1.26 bits per heavy atom. The quantitative estimate of drug-likeness (QED) is 0.726. The maximum absolute atomic E-state index is 12.5. The standard InChI is InChI=1S/C18H18ClN5O3/c19-12-5-7-14(8-6-12)27-17-16-22-24(18(26)23(16)10-9-20-17)11-15(25)21-13-3-1-2-4-13/h5-10,13H,1-4,11H2,(H,21,25). The van der Waals surface area contributed by atoms with Crippen LogP contribution in [0.3, 0.4) is 0 Å². The van der Waals surface area contributed by atoms with Crippen LogP contribution >= 0.6 is 11.6 Å². The Kier molecular flexibility index (Phi) is 4.81. The van der Waals surface area contributed by atoms with E-state index in [1.165, 1.54) is 16.8 Å². The van der Waals surface area contributed by atoms with Gasteiger partial charge in [-0.25, -0.2) is 18.9 Å². The predicted octanol–water partition coefficient (Wildman–Crippen LogP) is 2.40. The molecule has 9 heteroatoms. The van der Waals surface area contributed by atoms with Gasteiger partial charge in [-0.1, -0.05) is 24.4 Å². The highest BCUT2D eigenvalue weighted by molar-refractivity contribution is 6.30. The van der Waals surface area contributed by atoms with Crippen LogP contribution in [0, 0.1) is 0 Å². The van der Waals surface area contributed by atoms with Crippen LogP contribution in [0.5, 0.6) is 11.6 Å². The van der Waals surface area contributed by atoms with Crippen molar-refractivity contribution in [2.75, 3.05) is 0 Å². The Morgan fingerprint density at radius 2 is 2.00 bits per heavy atom. The van der Waals surface area contributed by atoms with Gasteiger partial charge in [0.15, 0.2) is 0 Å². The van der Waals surface area contributed by atoms with Crippen molar-refractivity contribution in [1.29, 1.82) is 0 Å². The van der Waals surface area contributed by atoms with Crippen LogP contribution in [0.4, 0.5) is 0 Å². The molecule has 2 heterocycles. The van der Waals surface area contributed by atoms with Gasteiger partial charge in [0, 0.05) is 23.5 Å². The number of amides is 1. The third kappa shape index (κ3) is 3.80. The molecule has 1 aliphatic carbocycles. The van der Waals surface area contributed by atoms with Crippen LogP contribution in [0.1, 0.15) is 25.7 Å². The Balaban J connectivity index is 1.58. The fourth-order valence-electron chi connectivity index (χ4n) is 3.19. The van der Waals surface area contributed by atoms with E-state index in [0.717, 1.165) is 30.4 Å². The lowest BCUT2D eigenvalue weighted by atomic mass is 10.2. The molecule has 1 amide bonds. The molecule has 27 heavy (non-hydrogen) atoms. The summed E-state index contributed by atoms with van der Waals surface area (Å²) in [6.07, 6.45) is 7.14. The van der Waals surface area contributed by atoms with Crippen molar-refractivity contribution in [1.82, 2.24) is 24.5 Å². The van der Waals surface area contributed by atoms with Gasteiger partial charge in [0.05, 0.1) is 0 Å². The van der Waals surface area contributed by atoms with E-state index in [2.05, 4.69) is 15.4 Å². The number of benzene rings is 1. The molecule has 1 fully saturated rings. The first kappa shape index (κ1) is 17.5. The molecular formula is C18H18ClN5O3. The second-order valence-electron chi connectivity index (χ2n) is 6.47. The molecule has 0 saturated heterocycles. The summed E-state index contributed by atoms with van der Waals surface area (Å²) in [6, 6.07) is 6.95. The van der Waals surface area contributed by atoms with E-state index in [0.29, 0.717) is 10.8 Å². The average molecular weight is 388 g/mol. The van der Waals surface area contributed by atoms with Gasteiger partial charge in [0.1, 0.15) is 12.3 Å². The number of hydrogen-bond acceptors (Lipinski definition) is 5. The molecular weight excluding hydrogens is 370 g/mol. The number of hydrogen-bond donors (Lipinski definition) is 1. The molecule has 140 valence electrons. The molecule has 3 aromatic rings. The van der Waals surface area contributed by atoms with Crippen LogP contribution in [0.15, 0.2) is 41.5 Å². The van der Waals surface area contributed by atoms with Gasteiger partial charge in [-0.3, -0.25) is 4.79 Å². The lowest BCUT2D eigenvalue weighted by Gasteiger charge is -2.10. The Bertz CT molecular complexity index is 1020. The van der Waals surface area contributed by atoms with Gasteiger partial charge in [0.2, 0.25) is 11.6 Å². The van der Waals surface area contributed by atoms with Crippen molar-refractivity contribution in [3.05, 3.63) is 52.2 Å². The number of carbonyl (C=O) groups is 1. The smallest absolute Gasteiger partial charge is 0.351 e. The van der Waals surface area contributed by atoms with Gasteiger partial charge >= 0.3 is 5.69 Å². The van der Waals surface area contributed by atoms with E-state index in [9.17, 15) is 9.59 Å². The van der Waals surface area contributed by atoms with Gasteiger partial charge in [-0.2, -0.15) is 0 Å². The minimum atomic E-state index is -0.421. The summed E-state index contributed by atoms with van der Waals surface area (Å²) >= 11 is 5.87. The van der Waals surface area contributed by atoms with Gasteiger partial charge in [-0.05, 0) is 37.1 Å². The SMILES string of the molecule is O=C(Cn1nc2c(Oc3ccc(Cl)cc3)nccn2c1=O)NC1CCCC1. The van der Waals surface area contributed by atoms with Gasteiger partial charge in [0.25, 0.3) is 5.88 Å². The largest absolute Gasteiger partial charge is 0.436 e. The summed E-state index contributed by atoms with van der Waals surface area (Å²) in [4.78, 5) is 28.9. The Hall–Kier alpha value is -2.87. The molecule has 1 N–H and O–H groups in total. The van der Waals surface area contributed by atoms with E-state index in [1.807, 2.05) is 0 Å². The number of nitrogens with one attached hydrogen (secondary N) is 1. The highest BCUT2D eigenvalue weighted by atomic mass is 35.5. The summed E-state index contributed by atoms with van der Waals surface area (Å²) < 4.78 is 8.15. The minimum Gasteiger partial charge on any atom is -0.436 e. The Labute approximate surface area is 159 Å². The first-order valence-electron chi connectivity index (χ1n) is 8.77. The summed E-state index contributed by atoms with van der Waals surface area (Å²) in [5.41, 5.74) is -0.180. The van der Waals surface area contributed by atoms with Crippen LogP contribution in [-0.2, 0) is 11.3 Å². The summed E-state index contributed by atoms with van der Waals surface area (Å²) in [5.74, 6) is 0.466. The van der Waals surface area contributed by atoms with Gasteiger partial charge < -0.3 is 10.1 Å². The number of fused-ring (bicyclic) bond motifs is 1. The second kappa shape index (κ2) is 7.40. The number of carbonyl (C=O) groups excluding carboxylic acids is 1. The molecule has 0 aliphatic heterocycles. The third-order valence-electron chi connectivity index (χ3n) is 4.51. The summed E-state index contributed by atoms with van der Waals surface area (Å²) in [7, 11) is 0. The van der Waals surface area contributed by atoms with Crippen molar-refractivity contribution >= 4 is 23.2 Å². The lowest BCUT2D eigenvalue weighted by Crippen LogP contribution is -2.37. The van der Waals surface area contributed by atoms with E-state index < -0.39 is 5.69 Å². The molecule has 2 aromatic heterocycles. The maximum atomic E-state index is 12.5. The molecule has 0 unspecified atom stereocenters. The van der Waals surface area contributed by atoms with Crippen molar-refractivity contribution in [3.8, 4) is 11.6 Å². The third-order valence-corrected chi connectivity index (χ3v) is 4.76. The van der Waals surface area contributed by atoms with Crippen LogP contribution in [0.25, 0.3) is 5.65 Å². The maximum Gasteiger partial charge on any atom is 0.351 e. The van der Waals surface area contributed by atoms with Crippen LogP contribution in [-0.4, -0.2) is 31.1 Å². The molecule has 1 aromatic carbocycles. The monoisotopic (exact) mass is 387 g/mol. The topological polar surface area (TPSA) is 90.5 Å². The molecule has 4 rings (SSSR count). The van der Waals surface area contributed by atoms with Crippen LogP contribution in [0.2, 0.25) is 5.02 Å². The van der Waals surface area contributed by atoms with Crippen molar-refractivity contribution in [2.45, 2.75) is 38.3 Å². The van der Waals surface area contributed by atoms with Crippen molar-refractivity contribution in [2.24, 2.45) is 0 Å². The molecule has 0 radical (unpaired) electrons. The lowest BCUT2D eigenvalue weighted by molar-refractivity contribution is -0.122. The van der Waals surface area contributed by atoms with Crippen LogP contribution < -0.4 is 15.7 Å². The zero-order valence-electron chi connectivity index (χ0n) is 14.5. The summed E-state index contributed by atoms with van der Waals surface area (Å²) in [6.45, 7) is -0.141. The first-order valence-corrected chi connectivity index (χ1v) is 9.15. The second-order valence-corrected chi connectivity index (χ2v) is 6.91. The van der Waals surface area contributed by atoms with Gasteiger partial charge in [-0.15, -0.1) is 5.10 Å².